The van der Waals surface area contributed by atoms with E-state index in [1.807, 2.05) is 24.4 Å². The molecule has 0 saturated carbocycles. The number of rotatable bonds is 16. The molecular formula is C28H38N4O7. The van der Waals surface area contributed by atoms with Gasteiger partial charge < -0.3 is 33.9 Å². The highest BCUT2D eigenvalue weighted by Crippen LogP contribution is 2.30. The van der Waals surface area contributed by atoms with Crippen molar-refractivity contribution >= 4 is 33.8 Å². The lowest BCUT2D eigenvalue weighted by molar-refractivity contribution is -0.137. The summed E-state index contributed by atoms with van der Waals surface area (Å²) in [6.07, 6.45) is 5.18. The first-order valence-electron chi connectivity index (χ1n) is 13.6. The molecule has 4 rings (SSSR count). The first-order valence-corrected chi connectivity index (χ1v) is 13.6. The number of fused-ring (bicyclic) bond motifs is 3. The van der Waals surface area contributed by atoms with Gasteiger partial charge >= 0.3 is 5.97 Å². The van der Waals surface area contributed by atoms with Crippen LogP contribution in [0.15, 0.2) is 24.4 Å². The van der Waals surface area contributed by atoms with E-state index in [1.165, 1.54) is 0 Å². The lowest BCUT2D eigenvalue weighted by atomic mass is 10.00. The summed E-state index contributed by atoms with van der Waals surface area (Å²) >= 11 is 0. The summed E-state index contributed by atoms with van der Waals surface area (Å²) in [4.78, 5) is 31.7. The number of carboxylic acids is 1. The van der Waals surface area contributed by atoms with Crippen molar-refractivity contribution in [2.75, 3.05) is 53.3 Å². The van der Waals surface area contributed by atoms with Crippen molar-refractivity contribution in [2.45, 2.75) is 45.1 Å². The van der Waals surface area contributed by atoms with E-state index in [9.17, 15) is 9.59 Å². The maximum absolute atomic E-state index is 11.6. The third-order valence-corrected chi connectivity index (χ3v) is 6.79. The first-order chi connectivity index (χ1) is 19.0. The van der Waals surface area contributed by atoms with Gasteiger partial charge in [0.25, 0.3) is 0 Å². The summed E-state index contributed by atoms with van der Waals surface area (Å²) in [5.74, 6) is 1.20. The minimum absolute atomic E-state index is 0.00815. The molecule has 2 N–H and O–H groups in total. The number of aromatic nitrogens is 3. The normalized spacial score (nSPS) is 14.2. The number of amides is 1. The van der Waals surface area contributed by atoms with Gasteiger partial charge in [-0.3, -0.25) is 14.6 Å². The highest BCUT2D eigenvalue weighted by molar-refractivity contribution is 6.02. The van der Waals surface area contributed by atoms with Crippen LogP contribution in [0.4, 0.5) is 0 Å². The number of aliphatic carboxylic acids is 1. The Hall–Kier alpha value is -3.28. The number of hydrogen-bond acceptors (Lipinski definition) is 8. The van der Waals surface area contributed by atoms with Crippen LogP contribution in [0, 0.1) is 5.92 Å². The zero-order chi connectivity index (χ0) is 27.5. The van der Waals surface area contributed by atoms with E-state index in [-0.39, 0.29) is 18.7 Å². The van der Waals surface area contributed by atoms with Gasteiger partial charge in [0.15, 0.2) is 0 Å². The molecule has 212 valence electrons. The highest BCUT2D eigenvalue weighted by Gasteiger charge is 2.20. The molecule has 0 aliphatic carbocycles. The fraction of sp³-hybridized carbons (Fsp3) is 0.571. The van der Waals surface area contributed by atoms with Crippen molar-refractivity contribution < 1.29 is 33.6 Å². The lowest BCUT2D eigenvalue weighted by Gasteiger charge is -2.23. The van der Waals surface area contributed by atoms with E-state index < -0.39 is 5.97 Å². The van der Waals surface area contributed by atoms with Crippen LogP contribution in [0.1, 0.15) is 37.9 Å². The van der Waals surface area contributed by atoms with E-state index in [0.717, 1.165) is 66.8 Å². The topological polar surface area (TPSA) is 134 Å². The van der Waals surface area contributed by atoms with Crippen LogP contribution in [0.3, 0.4) is 0 Å². The van der Waals surface area contributed by atoms with E-state index in [2.05, 4.69) is 14.9 Å². The second kappa shape index (κ2) is 14.8. The summed E-state index contributed by atoms with van der Waals surface area (Å²) in [5.41, 5.74) is 2.83. The minimum atomic E-state index is -0.897. The molecule has 0 bridgehead atoms. The van der Waals surface area contributed by atoms with Gasteiger partial charge in [-0.2, -0.15) is 0 Å². The van der Waals surface area contributed by atoms with Gasteiger partial charge in [0.1, 0.15) is 23.7 Å². The average Bonchev–Trinajstić information content (AvgIpc) is 3.28. The second-order valence-electron chi connectivity index (χ2n) is 9.67. The molecule has 0 unspecified atom stereocenters. The zero-order valence-electron chi connectivity index (χ0n) is 22.5. The van der Waals surface area contributed by atoms with E-state index in [1.54, 1.807) is 7.11 Å². The Kier molecular flexibility index (Phi) is 10.9. The van der Waals surface area contributed by atoms with Crippen molar-refractivity contribution in [3.8, 4) is 5.75 Å². The van der Waals surface area contributed by atoms with Gasteiger partial charge in [-0.15, -0.1) is 0 Å². The van der Waals surface area contributed by atoms with Crippen molar-refractivity contribution in [2.24, 2.45) is 5.92 Å². The van der Waals surface area contributed by atoms with Crippen LogP contribution in [0.5, 0.6) is 5.75 Å². The minimum Gasteiger partial charge on any atom is -0.491 e. The molecule has 39 heavy (non-hydrogen) atoms. The number of imidazole rings is 1. The van der Waals surface area contributed by atoms with Crippen molar-refractivity contribution in [1.29, 1.82) is 0 Å². The zero-order valence-corrected chi connectivity index (χ0v) is 22.5. The van der Waals surface area contributed by atoms with Crippen LogP contribution in [-0.4, -0.2) is 84.8 Å². The van der Waals surface area contributed by atoms with Crippen LogP contribution in [-0.2, 0) is 36.8 Å². The fourth-order valence-corrected chi connectivity index (χ4v) is 4.77. The number of carbonyl (C=O) groups is 2. The molecule has 1 fully saturated rings. The number of methoxy groups -OCH3 is 1. The maximum Gasteiger partial charge on any atom is 0.303 e. The third kappa shape index (κ3) is 8.35. The lowest BCUT2D eigenvalue weighted by Crippen LogP contribution is -2.27. The number of nitrogens with one attached hydrogen (secondary N) is 1. The van der Waals surface area contributed by atoms with Crippen LogP contribution in [0.25, 0.3) is 21.9 Å². The number of pyridine rings is 1. The average molecular weight is 543 g/mol. The molecule has 1 saturated heterocycles. The molecule has 0 radical (unpaired) electrons. The summed E-state index contributed by atoms with van der Waals surface area (Å²) in [7, 11) is 1.71. The fourth-order valence-electron chi connectivity index (χ4n) is 4.77. The molecule has 1 aliphatic rings. The molecule has 3 heterocycles. The predicted octanol–water partition coefficient (Wildman–Crippen LogP) is 2.97. The molecular weight excluding hydrogens is 504 g/mol. The first kappa shape index (κ1) is 28.7. The van der Waals surface area contributed by atoms with Gasteiger partial charge in [0.2, 0.25) is 5.91 Å². The standard InChI is InChI=1S/C28H38N4O7/c1-36-11-9-25-31-24-18-30-23-17-21(39-16-15-38-14-10-29-26(33)3-2-4-27(34)35)5-6-22(23)28(24)32(25)19-20-7-12-37-13-8-20/h5-6,17-18,20H,2-4,7-16,19H2,1H3,(H,29,33)(H,34,35). The Morgan fingerprint density at radius 1 is 1.13 bits per heavy atom. The van der Waals surface area contributed by atoms with Crippen molar-refractivity contribution in [3.63, 3.8) is 0 Å². The highest BCUT2D eigenvalue weighted by atomic mass is 16.5. The number of carboxylic acid groups (broad SMARTS) is 1. The Morgan fingerprint density at radius 2 is 1.97 bits per heavy atom. The monoisotopic (exact) mass is 542 g/mol. The van der Waals surface area contributed by atoms with E-state index in [4.69, 9.17) is 29.0 Å². The Morgan fingerprint density at radius 3 is 2.77 bits per heavy atom. The molecule has 1 amide bonds. The van der Waals surface area contributed by atoms with Gasteiger partial charge in [-0.25, -0.2) is 4.98 Å². The molecule has 11 heteroatoms. The van der Waals surface area contributed by atoms with Gasteiger partial charge in [0, 0.05) is 64.1 Å². The largest absolute Gasteiger partial charge is 0.491 e. The predicted molar refractivity (Wildman–Crippen MR) is 145 cm³/mol. The molecule has 0 spiro atoms. The number of nitrogens with zero attached hydrogens (tertiary/aromatic N) is 3. The van der Waals surface area contributed by atoms with Crippen LogP contribution < -0.4 is 10.1 Å². The van der Waals surface area contributed by atoms with Crippen LogP contribution in [0.2, 0.25) is 0 Å². The van der Waals surface area contributed by atoms with E-state index >= 15 is 0 Å². The molecule has 1 aromatic carbocycles. The summed E-state index contributed by atoms with van der Waals surface area (Å²) in [6.45, 7) is 4.59. The number of benzene rings is 1. The van der Waals surface area contributed by atoms with Crippen molar-refractivity contribution in [3.05, 3.63) is 30.2 Å². The maximum atomic E-state index is 11.6. The summed E-state index contributed by atoms with van der Waals surface area (Å²) in [5, 5.41) is 12.4. The molecule has 3 aromatic rings. The smallest absolute Gasteiger partial charge is 0.303 e. The number of ether oxygens (including phenoxy) is 4. The molecule has 0 atom stereocenters. The summed E-state index contributed by atoms with van der Waals surface area (Å²) < 4.78 is 24.7. The number of carbonyl (C=O) groups excluding carboxylic acids is 1. The quantitative estimate of drug-likeness (QED) is 0.262. The second-order valence-corrected chi connectivity index (χ2v) is 9.67. The van der Waals surface area contributed by atoms with Gasteiger partial charge in [0.05, 0.1) is 37.1 Å². The SMILES string of the molecule is COCCc1nc2cnc3cc(OCCOCCNC(=O)CCCC(=O)O)ccc3c2n1CC1CCOCC1. The molecule has 11 nitrogen and oxygen atoms in total. The van der Waals surface area contributed by atoms with Crippen LogP contribution >= 0.6 is 0 Å². The molecule has 2 aromatic heterocycles. The Balaban J connectivity index is 1.32. The summed E-state index contributed by atoms with van der Waals surface area (Å²) in [6, 6.07) is 5.93. The van der Waals surface area contributed by atoms with Gasteiger partial charge in [-0.1, -0.05) is 0 Å². The molecule has 1 aliphatic heterocycles. The third-order valence-electron chi connectivity index (χ3n) is 6.79. The van der Waals surface area contributed by atoms with Crippen molar-refractivity contribution in [1.82, 2.24) is 19.9 Å². The van der Waals surface area contributed by atoms with E-state index in [0.29, 0.717) is 51.1 Å². The number of hydrogen-bond donors (Lipinski definition) is 2. The van der Waals surface area contributed by atoms with Gasteiger partial charge in [-0.05, 0) is 37.3 Å². The Labute approximate surface area is 227 Å². The Bertz CT molecular complexity index is 1240.